The first-order chi connectivity index (χ1) is 13.5. The van der Waals surface area contributed by atoms with Gasteiger partial charge in [-0.25, -0.2) is 4.99 Å². The average Bonchev–Trinajstić information content (AvgIpc) is 2.97. The lowest BCUT2D eigenvalue weighted by Crippen LogP contribution is -2.28. The van der Waals surface area contributed by atoms with Crippen molar-refractivity contribution in [2.75, 3.05) is 13.2 Å². The minimum absolute atomic E-state index is 0.0886. The van der Waals surface area contributed by atoms with Gasteiger partial charge in [0.1, 0.15) is 5.75 Å². The van der Waals surface area contributed by atoms with Gasteiger partial charge >= 0.3 is 0 Å². The largest absolute Gasteiger partial charge is 0.484 e. The van der Waals surface area contributed by atoms with E-state index >= 15 is 0 Å². The van der Waals surface area contributed by atoms with Gasteiger partial charge in [0.25, 0.3) is 11.8 Å². The first-order valence-corrected chi connectivity index (χ1v) is 9.72. The number of ether oxygens (including phenoxy) is 1. The fraction of sp³-hybridized carbons (Fsp3) is 0.150. The number of carbonyl (C=O) groups is 2. The molecule has 0 atom stereocenters. The van der Waals surface area contributed by atoms with Gasteiger partial charge in [0, 0.05) is 11.6 Å². The average molecular weight is 416 g/mol. The number of hydrogen-bond acceptors (Lipinski definition) is 5. The second-order valence-corrected chi connectivity index (χ2v) is 7.30. The molecule has 3 rings (SSSR count). The van der Waals surface area contributed by atoms with Gasteiger partial charge in [0.15, 0.2) is 11.8 Å². The van der Waals surface area contributed by atoms with Crippen LogP contribution in [0.25, 0.3) is 6.08 Å². The number of primary amides is 1. The van der Waals surface area contributed by atoms with Crippen molar-refractivity contribution in [3.63, 3.8) is 0 Å². The molecule has 1 saturated heterocycles. The third-order valence-corrected chi connectivity index (χ3v) is 5.07. The lowest BCUT2D eigenvalue weighted by atomic mass is 10.2. The standard InChI is InChI=1S/C20H18ClN3O3S/c1-2-24-19(26)17(28-20(24)23-15-7-5-14(21)6-8-15)11-13-3-9-16(10-4-13)27-12-18(22)25/h3-11H,2,12H2,1H3,(H2,22,25)/b17-11+,23-20?. The van der Waals surface area contributed by atoms with E-state index < -0.39 is 5.91 Å². The maximum absolute atomic E-state index is 12.7. The smallest absolute Gasteiger partial charge is 0.266 e. The Labute approximate surface area is 172 Å². The molecule has 2 aromatic carbocycles. The van der Waals surface area contributed by atoms with Crippen LogP contribution in [-0.2, 0) is 9.59 Å². The highest BCUT2D eigenvalue weighted by Gasteiger charge is 2.32. The van der Waals surface area contributed by atoms with Crippen LogP contribution in [0.1, 0.15) is 12.5 Å². The maximum atomic E-state index is 12.7. The molecule has 144 valence electrons. The van der Waals surface area contributed by atoms with Crippen LogP contribution in [0.5, 0.6) is 5.75 Å². The quantitative estimate of drug-likeness (QED) is 0.726. The maximum Gasteiger partial charge on any atom is 0.266 e. The third-order valence-electron chi connectivity index (χ3n) is 3.81. The summed E-state index contributed by atoms with van der Waals surface area (Å²) in [5, 5.41) is 1.26. The monoisotopic (exact) mass is 415 g/mol. The summed E-state index contributed by atoms with van der Waals surface area (Å²) in [6.45, 7) is 2.25. The molecule has 8 heteroatoms. The lowest BCUT2D eigenvalue weighted by molar-refractivity contribution is -0.122. The molecule has 2 N–H and O–H groups in total. The first-order valence-electron chi connectivity index (χ1n) is 8.53. The Morgan fingerprint density at radius 2 is 1.89 bits per heavy atom. The van der Waals surface area contributed by atoms with E-state index in [-0.39, 0.29) is 12.5 Å². The number of nitrogens with zero attached hydrogens (tertiary/aromatic N) is 2. The Morgan fingerprint density at radius 3 is 2.50 bits per heavy atom. The number of amides is 2. The van der Waals surface area contributed by atoms with Crippen LogP contribution in [-0.4, -0.2) is 35.0 Å². The molecule has 0 aromatic heterocycles. The second-order valence-electron chi connectivity index (χ2n) is 5.85. The van der Waals surface area contributed by atoms with Crippen LogP contribution in [0.3, 0.4) is 0 Å². The molecule has 1 aliphatic heterocycles. The molecule has 0 aliphatic carbocycles. The van der Waals surface area contributed by atoms with Crippen LogP contribution in [0, 0.1) is 0 Å². The molecule has 0 spiro atoms. The number of amidine groups is 1. The zero-order chi connectivity index (χ0) is 20.1. The molecular formula is C20H18ClN3O3S. The molecule has 2 amide bonds. The summed E-state index contributed by atoms with van der Waals surface area (Å²) in [7, 11) is 0. The summed E-state index contributed by atoms with van der Waals surface area (Å²) in [4.78, 5) is 30.3. The topological polar surface area (TPSA) is 85.0 Å². The van der Waals surface area contributed by atoms with E-state index in [2.05, 4.69) is 4.99 Å². The number of likely N-dealkylation sites (N-methyl/N-ethyl adjacent to an activating group) is 1. The summed E-state index contributed by atoms with van der Waals surface area (Å²) in [6.07, 6.45) is 1.80. The lowest BCUT2D eigenvalue weighted by Gasteiger charge is -2.11. The number of nitrogens with two attached hydrogens (primary N) is 1. The number of rotatable bonds is 6. The summed E-state index contributed by atoms with van der Waals surface area (Å²) < 4.78 is 5.24. The number of benzene rings is 2. The van der Waals surface area contributed by atoms with Gasteiger partial charge < -0.3 is 10.5 Å². The molecule has 0 radical (unpaired) electrons. The van der Waals surface area contributed by atoms with Crippen molar-refractivity contribution in [3.8, 4) is 5.75 Å². The summed E-state index contributed by atoms with van der Waals surface area (Å²) in [5.74, 6) is -0.0906. The molecule has 0 saturated carbocycles. The molecule has 0 unspecified atom stereocenters. The van der Waals surface area contributed by atoms with Crippen molar-refractivity contribution in [1.82, 2.24) is 4.90 Å². The van der Waals surface area contributed by atoms with E-state index in [1.54, 1.807) is 47.4 Å². The number of thioether (sulfide) groups is 1. The molecular weight excluding hydrogens is 398 g/mol. The van der Waals surface area contributed by atoms with Gasteiger partial charge in [-0.05, 0) is 66.7 Å². The van der Waals surface area contributed by atoms with Crippen LogP contribution in [0.2, 0.25) is 5.02 Å². The Hall–Kier alpha value is -2.77. The van der Waals surface area contributed by atoms with Crippen LogP contribution < -0.4 is 10.5 Å². The fourth-order valence-electron chi connectivity index (χ4n) is 2.46. The minimum atomic E-state index is -0.536. The van der Waals surface area contributed by atoms with Crippen molar-refractivity contribution in [2.24, 2.45) is 10.7 Å². The predicted octanol–water partition coefficient (Wildman–Crippen LogP) is 3.83. The summed E-state index contributed by atoms with van der Waals surface area (Å²) in [5.41, 5.74) is 6.63. The fourth-order valence-corrected chi connectivity index (χ4v) is 3.65. The van der Waals surface area contributed by atoms with Crippen molar-refractivity contribution in [1.29, 1.82) is 0 Å². The highest BCUT2D eigenvalue weighted by molar-refractivity contribution is 8.18. The van der Waals surface area contributed by atoms with E-state index in [0.29, 0.717) is 27.4 Å². The Kier molecular flexibility index (Phi) is 6.38. The molecule has 0 bridgehead atoms. The van der Waals surface area contributed by atoms with Crippen molar-refractivity contribution >= 4 is 52.1 Å². The zero-order valence-corrected chi connectivity index (χ0v) is 16.7. The number of halogens is 1. The van der Waals surface area contributed by atoms with Crippen molar-refractivity contribution in [3.05, 3.63) is 64.0 Å². The zero-order valence-electron chi connectivity index (χ0n) is 15.1. The Balaban J connectivity index is 1.79. The van der Waals surface area contributed by atoms with Crippen LogP contribution in [0.15, 0.2) is 58.4 Å². The van der Waals surface area contributed by atoms with E-state index in [4.69, 9.17) is 22.1 Å². The van der Waals surface area contributed by atoms with Gasteiger partial charge in [0.2, 0.25) is 0 Å². The van der Waals surface area contributed by atoms with Gasteiger partial charge in [-0.3, -0.25) is 14.5 Å². The van der Waals surface area contributed by atoms with E-state index in [1.807, 2.05) is 19.1 Å². The predicted molar refractivity (Wildman–Crippen MR) is 113 cm³/mol. The van der Waals surface area contributed by atoms with Crippen molar-refractivity contribution in [2.45, 2.75) is 6.92 Å². The molecule has 2 aromatic rings. The third kappa shape index (κ3) is 4.94. The first kappa shape index (κ1) is 20.0. The highest BCUT2D eigenvalue weighted by atomic mass is 35.5. The van der Waals surface area contributed by atoms with E-state index in [9.17, 15) is 9.59 Å². The minimum Gasteiger partial charge on any atom is -0.484 e. The normalized spacial score (nSPS) is 16.8. The van der Waals surface area contributed by atoms with Gasteiger partial charge in [-0.15, -0.1) is 0 Å². The number of carbonyl (C=O) groups excluding carboxylic acids is 2. The summed E-state index contributed by atoms with van der Waals surface area (Å²) >= 11 is 7.23. The van der Waals surface area contributed by atoms with Crippen LogP contribution in [0.4, 0.5) is 5.69 Å². The van der Waals surface area contributed by atoms with Crippen LogP contribution >= 0.6 is 23.4 Å². The molecule has 28 heavy (non-hydrogen) atoms. The number of aliphatic imine (C=N–C) groups is 1. The Morgan fingerprint density at radius 1 is 1.21 bits per heavy atom. The molecule has 1 fully saturated rings. The van der Waals surface area contributed by atoms with Gasteiger partial charge in [0.05, 0.1) is 10.6 Å². The number of hydrogen-bond donors (Lipinski definition) is 1. The van der Waals surface area contributed by atoms with Gasteiger partial charge in [-0.1, -0.05) is 23.7 Å². The molecule has 1 aliphatic rings. The Bertz CT molecular complexity index is 940. The molecule has 6 nitrogen and oxygen atoms in total. The van der Waals surface area contributed by atoms with E-state index in [1.165, 1.54) is 11.8 Å². The molecule has 1 heterocycles. The SMILES string of the molecule is CCN1C(=O)/C(=C\c2ccc(OCC(N)=O)cc2)SC1=Nc1ccc(Cl)cc1. The summed E-state index contributed by atoms with van der Waals surface area (Å²) in [6, 6.07) is 14.2. The van der Waals surface area contributed by atoms with Crippen molar-refractivity contribution < 1.29 is 14.3 Å². The second kappa shape index (κ2) is 8.95. The highest BCUT2D eigenvalue weighted by Crippen LogP contribution is 2.34. The van der Waals surface area contributed by atoms with E-state index in [0.717, 1.165) is 11.3 Å². The van der Waals surface area contributed by atoms with Gasteiger partial charge in [-0.2, -0.15) is 0 Å².